The Morgan fingerprint density at radius 1 is 1.05 bits per heavy atom. The predicted octanol–water partition coefficient (Wildman–Crippen LogP) is 5.62. The van der Waals surface area contributed by atoms with E-state index in [0.717, 1.165) is 30.9 Å². The molecule has 1 aliphatic carbocycles. The number of hydrogen-bond acceptors (Lipinski definition) is 4. The maximum atomic E-state index is 14.2. The molecular formula is C34H45F2N3O3. The van der Waals surface area contributed by atoms with E-state index in [9.17, 15) is 23.5 Å². The van der Waals surface area contributed by atoms with Crippen molar-refractivity contribution in [3.8, 4) is 0 Å². The normalized spacial score (nSPS) is 18.9. The van der Waals surface area contributed by atoms with Gasteiger partial charge in [0.2, 0.25) is 11.8 Å². The number of nitrogens with one attached hydrogen (secondary N) is 1. The average molecular weight is 582 g/mol. The lowest BCUT2D eigenvalue weighted by molar-refractivity contribution is -0.132. The summed E-state index contributed by atoms with van der Waals surface area (Å²) in [5.74, 6) is -3.25. The number of aliphatic hydroxyl groups is 1. The van der Waals surface area contributed by atoms with Gasteiger partial charge in [0.1, 0.15) is 11.6 Å². The van der Waals surface area contributed by atoms with Crippen LogP contribution in [0, 0.1) is 23.0 Å². The SMILES string of the molecule is CCCN(CCC)C(=O)C1=CC(C)=CC(C(N)=O)([C@H](Cc2cc(F)cc(F)c2)[C@@H](O)CN[C@@H](CC)c2ccccc2)C1. The Morgan fingerprint density at radius 2 is 1.67 bits per heavy atom. The van der Waals surface area contributed by atoms with E-state index in [-0.39, 0.29) is 31.3 Å². The van der Waals surface area contributed by atoms with Gasteiger partial charge in [0.05, 0.1) is 11.5 Å². The van der Waals surface area contributed by atoms with Crippen LogP contribution in [0.4, 0.5) is 8.78 Å². The van der Waals surface area contributed by atoms with Crippen molar-refractivity contribution in [1.29, 1.82) is 0 Å². The molecule has 0 saturated heterocycles. The number of allylic oxidation sites excluding steroid dienone is 2. The summed E-state index contributed by atoms with van der Waals surface area (Å²) < 4.78 is 28.5. The lowest BCUT2D eigenvalue weighted by Crippen LogP contribution is -2.52. The van der Waals surface area contributed by atoms with Gasteiger partial charge in [-0.25, -0.2) is 8.78 Å². The average Bonchev–Trinajstić information content (AvgIpc) is 2.95. The number of amides is 2. The molecule has 2 aromatic carbocycles. The number of nitrogens with two attached hydrogens (primary N) is 1. The zero-order chi connectivity index (χ0) is 30.9. The Kier molecular flexibility index (Phi) is 12.0. The van der Waals surface area contributed by atoms with Gasteiger partial charge < -0.3 is 21.1 Å². The second kappa shape index (κ2) is 15.2. The summed E-state index contributed by atoms with van der Waals surface area (Å²) in [4.78, 5) is 28.9. The standard InChI is InChI=1S/C34H45F2N3O3/c1-5-13-39(14-6-2)32(41)26-15-23(4)20-34(21-26,33(37)42)29(18-24-16-27(35)19-28(36)17-24)31(40)22-38-30(7-3)25-11-9-8-10-12-25/h8-12,15-17,19-20,29-31,38,40H,5-7,13-14,18,21-22H2,1-4H3,(H2,37,42)/t29-,30+,31+,34?/m1/s1. The van der Waals surface area contributed by atoms with E-state index in [0.29, 0.717) is 29.8 Å². The van der Waals surface area contributed by atoms with E-state index < -0.39 is 35.0 Å². The highest BCUT2D eigenvalue weighted by atomic mass is 19.1. The second-order valence-corrected chi connectivity index (χ2v) is 11.4. The fourth-order valence-corrected chi connectivity index (χ4v) is 6.15. The van der Waals surface area contributed by atoms with Gasteiger partial charge in [0.25, 0.3) is 0 Å². The topological polar surface area (TPSA) is 95.7 Å². The molecule has 1 unspecified atom stereocenters. The van der Waals surface area contributed by atoms with Gasteiger partial charge >= 0.3 is 0 Å². The molecule has 0 aromatic heterocycles. The number of carbonyl (C=O) groups is 2. The number of rotatable bonds is 15. The molecular weight excluding hydrogens is 536 g/mol. The largest absolute Gasteiger partial charge is 0.391 e. The first-order valence-corrected chi connectivity index (χ1v) is 14.9. The third-order valence-electron chi connectivity index (χ3n) is 8.07. The molecule has 2 aromatic rings. The summed E-state index contributed by atoms with van der Waals surface area (Å²) in [5.41, 5.74) is 7.11. The number of primary amides is 1. The molecule has 4 N–H and O–H groups in total. The van der Waals surface area contributed by atoms with Crippen LogP contribution in [-0.2, 0) is 16.0 Å². The van der Waals surface area contributed by atoms with Gasteiger partial charge in [-0.3, -0.25) is 9.59 Å². The molecule has 0 spiro atoms. The van der Waals surface area contributed by atoms with Crippen LogP contribution in [0.1, 0.15) is 70.5 Å². The third kappa shape index (κ3) is 8.13. The van der Waals surface area contributed by atoms with Crippen molar-refractivity contribution in [2.24, 2.45) is 17.1 Å². The molecule has 0 bridgehead atoms. The van der Waals surface area contributed by atoms with Gasteiger partial charge in [-0.05, 0) is 62.3 Å². The summed E-state index contributed by atoms with van der Waals surface area (Å²) >= 11 is 0. The molecule has 4 atom stereocenters. The van der Waals surface area contributed by atoms with E-state index in [4.69, 9.17) is 5.73 Å². The highest BCUT2D eigenvalue weighted by molar-refractivity contribution is 5.96. The minimum Gasteiger partial charge on any atom is -0.391 e. The molecule has 8 heteroatoms. The number of aliphatic hydroxyl groups excluding tert-OH is 1. The fraction of sp³-hybridized carbons (Fsp3) is 0.471. The summed E-state index contributed by atoms with van der Waals surface area (Å²) in [7, 11) is 0. The van der Waals surface area contributed by atoms with E-state index in [1.807, 2.05) is 51.1 Å². The minimum atomic E-state index is -1.47. The number of halogens is 2. The zero-order valence-corrected chi connectivity index (χ0v) is 25.2. The molecule has 0 radical (unpaired) electrons. The summed E-state index contributed by atoms with van der Waals surface area (Å²) in [6.07, 6.45) is 4.63. The second-order valence-electron chi connectivity index (χ2n) is 11.4. The van der Waals surface area contributed by atoms with Gasteiger partial charge in [-0.1, -0.05) is 68.8 Å². The fourth-order valence-electron chi connectivity index (χ4n) is 6.15. The van der Waals surface area contributed by atoms with Crippen LogP contribution in [0.3, 0.4) is 0 Å². The number of carbonyl (C=O) groups excluding carboxylic acids is 2. The lowest BCUT2D eigenvalue weighted by Gasteiger charge is -2.42. The Morgan fingerprint density at radius 3 is 2.21 bits per heavy atom. The van der Waals surface area contributed by atoms with Crippen LogP contribution < -0.4 is 11.1 Å². The molecule has 42 heavy (non-hydrogen) atoms. The first-order valence-electron chi connectivity index (χ1n) is 14.9. The van der Waals surface area contributed by atoms with E-state index in [1.165, 1.54) is 12.1 Å². The minimum absolute atomic E-state index is 0.0160. The smallest absolute Gasteiger partial charge is 0.249 e. The molecule has 0 heterocycles. The van der Waals surface area contributed by atoms with Crippen LogP contribution >= 0.6 is 0 Å². The zero-order valence-electron chi connectivity index (χ0n) is 25.2. The Labute approximate surface area is 248 Å². The first kappa shape index (κ1) is 33.1. The van der Waals surface area contributed by atoms with E-state index in [1.54, 1.807) is 24.0 Å². The van der Waals surface area contributed by atoms with Crippen molar-refractivity contribution >= 4 is 11.8 Å². The Bertz CT molecular complexity index is 1250. The van der Waals surface area contributed by atoms with Crippen molar-refractivity contribution in [3.05, 3.63) is 94.6 Å². The van der Waals surface area contributed by atoms with Gasteiger partial charge in [0.15, 0.2) is 0 Å². The quantitative estimate of drug-likeness (QED) is 0.254. The summed E-state index contributed by atoms with van der Waals surface area (Å²) in [6, 6.07) is 13.0. The van der Waals surface area contributed by atoms with Crippen molar-refractivity contribution < 1.29 is 23.5 Å². The number of benzene rings is 2. The molecule has 0 fully saturated rings. The molecule has 2 amide bonds. The van der Waals surface area contributed by atoms with Crippen molar-refractivity contribution in [1.82, 2.24) is 10.2 Å². The number of nitrogens with zero attached hydrogens (tertiary/aromatic N) is 1. The predicted molar refractivity (Wildman–Crippen MR) is 162 cm³/mol. The molecule has 0 saturated carbocycles. The van der Waals surface area contributed by atoms with Gasteiger partial charge in [0, 0.05) is 43.2 Å². The van der Waals surface area contributed by atoms with Crippen LogP contribution in [0.15, 0.2) is 71.8 Å². The van der Waals surface area contributed by atoms with Gasteiger partial charge in [-0.2, -0.15) is 0 Å². The van der Waals surface area contributed by atoms with Crippen LogP contribution in [0.2, 0.25) is 0 Å². The van der Waals surface area contributed by atoms with Crippen LogP contribution in [0.5, 0.6) is 0 Å². The highest BCUT2D eigenvalue weighted by Gasteiger charge is 2.48. The molecule has 228 valence electrons. The third-order valence-corrected chi connectivity index (χ3v) is 8.07. The maximum Gasteiger partial charge on any atom is 0.249 e. The lowest BCUT2D eigenvalue weighted by atomic mass is 9.63. The monoisotopic (exact) mass is 581 g/mol. The van der Waals surface area contributed by atoms with Crippen LogP contribution in [-0.4, -0.2) is 47.6 Å². The first-order chi connectivity index (χ1) is 20.0. The van der Waals surface area contributed by atoms with E-state index in [2.05, 4.69) is 5.32 Å². The van der Waals surface area contributed by atoms with E-state index >= 15 is 0 Å². The Hall–Kier alpha value is -3.36. The van der Waals surface area contributed by atoms with Crippen molar-refractivity contribution in [3.63, 3.8) is 0 Å². The Balaban J connectivity index is 2.03. The highest BCUT2D eigenvalue weighted by Crippen LogP contribution is 2.44. The summed E-state index contributed by atoms with van der Waals surface area (Å²) in [6.45, 7) is 9.08. The van der Waals surface area contributed by atoms with Crippen LogP contribution in [0.25, 0.3) is 0 Å². The maximum absolute atomic E-state index is 14.2. The molecule has 6 nitrogen and oxygen atoms in total. The molecule has 0 aliphatic heterocycles. The molecule has 1 aliphatic rings. The molecule has 3 rings (SSSR count). The van der Waals surface area contributed by atoms with Crippen molar-refractivity contribution in [2.45, 2.75) is 71.9 Å². The summed E-state index contributed by atoms with van der Waals surface area (Å²) in [5, 5.41) is 15.2. The van der Waals surface area contributed by atoms with Crippen molar-refractivity contribution in [2.75, 3.05) is 19.6 Å². The number of hydrogen-bond donors (Lipinski definition) is 3. The van der Waals surface area contributed by atoms with Gasteiger partial charge in [-0.15, -0.1) is 0 Å².